The number of ether oxygens (including phenoxy) is 3. The van der Waals surface area contributed by atoms with Crippen molar-refractivity contribution in [2.45, 2.75) is 63.8 Å². The van der Waals surface area contributed by atoms with Crippen LogP contribution in [0.1, 0.15) is 63.4 Å². The molecular weight excluding hydrogens is 312 g/mol. The highest BCUT2D eigenvalue weighted by atomic mass is 35.5. The fourth-order valence-electron chi connectivity index (χ4n) is 3.05. The van der Waals surface area contributed by atoms with Gasteiger partial charge < -0.3 is 14.2 Å². The van der Waals surface area contributed by atoms with Gasteiger partial charge in [-0.1, -0.05) is 69.2 Å². The largest absolute Gasteiger partial charge is 0.330 e. The molecule has 1 aromatic rings. The first kappa shape index (κ1) is 20.4. The Kier molecular flexibility index (Phi) is 9.80. The van der Waals surface area contributed by atoms with Crippen LogP contribution in [0.3, 0.4) is 0 Å². The Morgan fingerprint density at radius 1 is 0.870 bits per heavy atom. The zero-order chi connectivity index (χ0) is 17.1. The van der Waals surface area contributed by atoms with Gasteiger partial charge in [0.15, 0.2) is 0 Å². The molecule has 0 aromatic heterocycles. The van der Waals surface area contributed by atoms with Crippen LogP contribution in [0.2, 0.25) is 5.02 Å². The maximum Gasteiger partial charge on any atom is 0.289 e. The minimum atomic E-state index is -1.06. The lowest BCUT2D eigenvalue weighted by atomic mass is 9.90. The van der Waals surface area contributed by atoms with E-state index in [0.717, 1.165) is 23.4 Å². The second kappa shape index (κ2) is 11.0. The van der Waals surface area contributed by atoms with Crippen molar-refractivity contribution in [1.29, 1.82) is 0 Å². The SMILES string of the molecule is CCCCCCCCC(c1ccc(Cl)cc1)C(OC)(OC)OC. The Morgan fingerprint density at radius 2 is 1.39 bits per heavy atom. The van der Waals surface area contributed by atoms with Crippen molar-refractivity contribution < 1.29 is 14.2 Å². The summed E-state index contributed by atoms with van der Waals surface area (Å²) in [6.07, 6.45) is 8.47. The third kappa shape index (κ3) is 6.07. The molecule has 4 heteroatoms. The van der Waals surface area contributed by atoms with Crippen LogP contribution in [0.15, 0.2) is 24.3 Å². The van der Waals surface area contributed by atoms with Crippen molar-refractivity contribution in [3.05, 3.63) is 34.9 Å². The maximum atomic E-state index is 6.01. The molecule has 0 aliphatic heterocycles. The second-order valence-electron chi connectivity index (χ2n) is 5.88. The average molecular weight is 343 g/mol. The molecular formula is C19H31ClO3. The van der Waals surface area contributed by atoms with Gasteiger partial charge in [-0.05, 0) is 24.1 Å². The van der Waals surface area contributed by atoms with E-state index in [1.54, 1.807) is 21.3 Å². The predicted octanol–water partition coefficient (Wildman–Crippen LogP) is 5.77. The van der Waals surface area contributed by atoms with E-state index in [2.05, 4.69) is 6.92 Å². The van der Waals surface area contributed by atoms with Crippen LogP contribution in [0, 0.1) is 0 Å². The number of methoxy groups -OCH3 is 3. The lowest BCUT2D eigenvalue weighted by Gasteiger charge is -2.36. The summed E-state index contributed by atoms with van der Waals surface area (Å²) in [5.41, 5.74) is 1.12. The van der Waals surface area contributed by atoms with Gasteiger partial charge in [0, 0.05) is 26.4 Å². The summed E-state index contributed by atoms with van der Waals surface area (Å²) in [5.74, 6) is -1.05. The Morgan fingerprint density at radius 3 is 1.91 bits per heavy atom. The summed E-state index contributed by atoms with van der Waals surface area (Å²) in [6.45, 7) is 2.24. The maximum absolute atomic E-state index is 6.01. The van der Waals surface area contributed by atoms with Gasteiger partial charge in [0.25, 0.3) is 5.97 Å². The summed E-state index contributed by atoms with van der Waals surface area (Å²) in [5, 5.41) is 0.727. The lowest BCUT2D eigenvalue weighted by Crippen LogP contribution is -2.42. The van der Waals surface area contributed by atoms with Gasteiger partial charge in [0.05, 0.1) is 5.92 Å². The van der Waals surface area contributed by atoms with Gasteiger partial charge in [-0.2, -0.15) is 0 Å². The van der Waals surface area contributed by atoms with E-state index in [9.17, 15) is 0 Å². The van der Waals surface area contributed by atoms with E-state index in [1.807, 2.05) is 24.3 Å². The fourth-order valence-corrected chi connectivity index (χ4v) is 3.17. The number of hydrogen-bond donors (Lipinski definition) is 0. The number of hydrogen-bond acceptors (Lipinski definition) is 3. The molecule has 3 nitrogen and oxygen atoms in total. The molecule has 0 fully saturated rings. The fraction of sp³-hybridized carbons (Fsp3) is 0.684. The van der Waals surface area contributed by atoms with Crippen LogP contribution >= 0.6 is 11.6 Å². The first-order valence-electron chi connectivity index (χ1n) is 8.54. The number of rotatable bonds is 12. The number of halogens is 1. The van der Waals surface area contributed by atoms with Crippen molar-refractivity contribution in [1.82, 2.24) is 0 Å². The third-order valence-corrected chi connectivity index (χ3v) is 4.65. The van der Waals surface area contributed by atoms with Crippen LogP contribution < -0.4 is 0 Å². The van der Waals surface area contributed by atoms with Crippen molar-refractivity contribution in [3.63, 3.8) is 0 Å². The normalized spacial score (nSPS) is 13.3. The summed E-state index contributed by atoms with van der Waals surface area (Å²) < 4.78 is 16.8. The van der Waals surface area contributed by atoms with Crippen LogP contribution in [0.25, 0.3) is 0 Å². The monoisotopic (exact) mass is 342 g/mol. The van der Waals surface area contributed by atoms with Crippen molar-refractivity contribution in [3.8, 4) is 0 Å². The smallest absolute Gasteiger partial charge is 0.289 e. The van der Waals surface area contributed by atoms with Crippen molar-refractivity contribution in [2.24, 2.45) is 0 Å². The molecule has 1 unspecified atom stereocenters. The van der Waals surface area contributed by atoms with Gasteiger partial charge >= 0.3 is 0 Å². The molecule has 0 N–H and O–H groups in total. The molecule has 1 aromatic carbocycles. The third-order valence-electron chi connectivity index (χ3n) is 4.40. The average Bonchev–Trinajstić information content (AvgIpc) is 2.59. The first-order chi connectivity index (χ1) is 11.1. The molecule has 0 aliphatic rings. The van der Waals surface area contributed by atoms with Crippen LogP contribution in [0.5, 0.6) is 0 Å². The van der Waals surface area contributed by atoms with E-state index < -0.39 is 5.97 Å². The van der Waals surface area contributed by atoms with E-state index in [0.29, 0.717) is 0 Å². The number of benzene rings is 1. The van der Waals surface area contributed by atoms with Crippen molar-refractivity contribution >= 4 is 11.6 Å². The molecule has 0 saturated carbocycles. The van der Waals surface area contributed by atoms with Crippen molar-refractivity contribution in [2.75, 3.05) is 21.3 Å². The lowest BCUT2D eigenvalue weighted by molar-refractivity contribution is -0.365. The Balaban J connectivity index is 2.78. The van der Waals surface area contributed by atoms with E-state index in [-0.39, 0.29) is 5.92 Å². The van der Waals surface area contributed by atoms with Gasteiger partial charge in [0.2, 0.25) is 0 Å². The topological polar surface area (TPSA) is 27.7 Å². The molecule has 0 saturated heterocycles. The quantitative estimate of drug-likeness (QED) is 0.356. The van der Waals surface area contributed by atoms with Gasteiger partial charge in [-0.3, -0.25) is 0 Å². The summed E-state index contributed by atoms with van der Waals surface area (Å²) in [7, 11) is 4.87. The molecule has 1 rings (SSSR count). The summed E-state index contributed by atoms with van der Waals surface area (Å²) in [6, 6.07) is 7.85. The molecule has 0 heterocycles. The van der Waals surface area contributed by atoms with E-state index in [4.69, 9.17) is 25.8 Å². The predicted molar refractivity (Wildman–Crippen MR) is 95.9 cm³/mol. The van der Waals surface area contributed by atoms with Gasteiger partial charge in [-0.15, -0.1) is 0 Å². The molecule has 0 spiro atoms. The van der Waals surface area contributed by atoms with Crippen LogP contribution in [-0.4, -0.2) is 27.3 Å². The Labute approximate surface area is 146 Å². The molecule has 23 heavy (non-hydrogen) atoms. The van der Waals surface area contributed by atoms with Crippen LogP contribution in [0.4, 0.5) is 0 Å². The second-order valence-corrected chi connectivity index (χ2v) is 6.31. The molecule has 0 amide bonds. The highest BCUT2D eigenvalue weighted by Crippen LogP contribution is 2.37. The molecule has 0 aliphatic carbocycles. The Bertz CT molecular complexity index is 407. The Hall–Kier alpha value is -0.610. The molecule has 1 atom stereocenters. The molecule has 132 valence electrons. The van der Waals surface area contributed by atoms with E-state index >= 15 is 0 Å². The minimum Gasteiger partial charge on any atom is -0.330 e. The van der Waals surface area contributed by atoms with Crippen LogP contribution in [-0.2, 0) is 14.2 Å². The highest BCUT2D eigenvalue weighted by molar-refractivity contribution is 6.30. The highest BCUT2D eigenvalue weighted by Gasteiger charge is 2.40. The zero-order valence-electron chi connectivity index (χ0n) is 14.9. The minimum absolute atomic E-state index is 0.00550. The van der Waals surface area contributed by atoms with Gasteiger partial charge in [0.1, 0.15) is 0 Å². The van der Waals surface area contributed by atoms with E-state index in [1.165, 1.54) is 32.1 Å². The van der Waals surface area contributed by atoms with Gasteiger partial charge in [-0.25, -0.2) is 0 Å². The summed E-state index contributed by atoms with van der Waals surface area (Å²) >= 11 is 6.01. The molecule has 0 bridgehead atoms. The standard InChI is InChI=1S/C19H31ClO3/c1-5-6-7-8-9-10-11-18(19(21-2,22-3)23-4)16-12-14-17(20)15-13-16/h12-15,18H,5-11H2,1-4H3. The molecule has 0 radical (unpaired) electrons. The number of unbranched alkanes of at least 4 members (excludes halogenated alkanes) is 5. The first-order valence-corrected chi connectivity index (χ1v) is 8.92. The zero-order valence-corrected chi connectivity index (χ0v) is 15.7. The summed E-state index contributed by atoms with van der Waals surface area (Å²) in [4.78, 5) is 0.